The molecule has 40 heavy (non-hydrogen) atoms. The Morgan fingerprint density at radius 2 is 1.62 bits per heavy atom. The standard InChI is InChI=1S/C33H40ClFN4O/c1-33(2,36)14-5-15-39-23-30(26-9-11-28(12-10-26)40-24-35)29-20-25(8-13-32(29)39)21-37-16-18-38(19-17-37)22-27-6-3-4-7-31(27)34/h3-4,6-13,20,23H,5,14-19,21-22,24,36H2,1-2H3. The highest BCUT2D eigenvalue weighted by Gasteiger charge is 2.19. The van der Waals surface area contributed by atoms with E-state index >= 15 is 0 Å². The molecule has 3 aromatic carbocycles. The van der Waals surface area contributed by atoms with E-state index in [1.807, 2.05) is 36.4 Å². The summed E-state index contributed by atoms with van der Waals surface area (Å²) < 4.78 is 20.0. The van der Waals surface area contributed by atoms with Gasteiger partial charge >= 0.3 is 0 Å². The maximum absolute atomic E-state index is 12.6. The largest absolute Gasteiger partial charge is 0.463 e. The summed E-state index contributed by atoms with van der Waals surface area (Å²) in [7, 11) is 0. The summed E-state index contributed by atoms with van der Waals surface area (Å²) in [6, 6.07) is 22.7. The van der Waals surface area contributed by atoms with Crippen LogP contribution in [0.5, 0.6) is 5.75 Å². The Balaban J connectivity index is 1.32. The molecule has 0 saturated carbocycles. The number of ether oxygens (including phenoxy) is 1. The van der Waals surface area contributed by atoms with Gasteiger partial charge in [-0.2, -0.15) is 0 Å². The van der Waals surface area contributed by atoms with Crippen molar-refractivity contribution in [3.05, 3.63) is 89.1 Å². The Hall–Kier alpha value is -2.90. The van der Waals surface area contributed by atoms with E-state index in [0.717, 1.165) is 69.2 Å². The molecule has 0 unspecified atom stereocenters. The molecule has 0 aliphatic carbocycles. The molecule has 2 N–H and O–H groups in total. The van der Waals surface area contributed by atoms with Gasteiger partial charge in [-0.15, -0.1) is 0 Å². The van der Waals surface area contributed by atoms with E-state index in [0.29, 0.717) is 5.75 Å². The maximum Gasteiger partial charge on any atom is 0.228 e. The summed E-state index contributed by atoms with van der Waals surface area (Å²) >= 11 is 6.39. The number of alkyl halides is 1. The zero-order chi connectivity index (χ0) is 28.1. The fraction of sp³-hybridized carbons (Fsp3) is 0.394. The molecule has 5 rings (SSSR count). The minimum absolute atomic E-state index is 0.178. The average Bonchev–Trinajstić information content (AvgIpc) is 3.29. The van der Waals surface area contributed by atoms with E-state index in [1.54, 1.807) is 0 Å². The first-order valence-electron chi connectivity index (χ1n) is 14.2. The third kappa shape index (κ3) is 7.24. The Bertz CT molecular complexity index is 1400. The SMILES string of the molecule is CC(C)(N)CCCn1cc(-c2ccc(OCF)cc2)c2cc(CN3CCN(Cc4ccccc4Cl)CC3)ccc21. The highest BCUT2D eigenvalue weighted by molar-refractivity contribution is 6.31. The van der Waals surface area contributed by atoms with Crippen molar-refractivity contribution < 1.29 is 9.13 Å². The van der Waals surface area contributed by atoms with Crippen LogP contribution < -0.4 is 10.5 Å². The topological polar surface area (TPSA) is 46.7 Å². The normalized spacial score (nSPS) is 15.1. The van der Waals surface area contributed by atoms with Gasteiger partial charge < -0.3 is 15.0 Å². The van der Waals surface area contributed by atoms with Crippen molar-refractivity contribution in [2.75, 3.05) is 33.0 Å². The summed E-state index contributed by atoms with van der Waals surface area (Å²) in [5, 5.41) is 2.08. The van der Waals surface area contributed by atoms with Gasteiger partial charge in [-0.25, -0.2) is 4.39 Å². The minimum Gasteiger partial charge on any atom is -0.463 e. The molecule has 0 amide bonds. The van der Waals surface area contributed by atoms with Gasteiger partial charge in [-0.3, -0.25) is 9.80 Å². The van der Waals surface area contributed by atoms with Gasteiger partial charge in [0.2, 0.25) is 6.86 Å². The van der Waals surface area contributed by atoms with E-state index in [1.165, 1.54) is 27.6 Å². The second-order valence-electron chi connectivity index (χ2n) is 11.6. The zero-order valence-electron chi connectivity index (χ0n) is 23.6. The van der Waals surface area contributed by atoms with Crippen LogP contribution in [0.3, 0.4) is 0 Å². The average molecular weight is 563 g/mol. The number of nitrogens with two attached hydrogens (primary N) is 1. The molecule has 212 valence electrons. The second kappa shape index (κ2) is 12.7. The summed E-state index contributed by atoms with van der Waals surface area (Å²) in [5.41, 5.74) is 12.1. The Kier molecular flexibility index (Phi) is 9.11. The van der Waals surface area contributed by atoms with Gasteiger partial charge in [0.05, 0.1) is 0 Å². The van der Waals surface area contributed by atoms with E-state index in [4.69, 9.17) is 22.1 Å². The monoisotopic (exact) mass is 562 g/mol. The van der Waals surface area contributed by atoms with Crippen molar-refractivity contribution >= 4 is 22.5 Å². The van der Waals surface area contributed by atoms with Crippen molar-refractivity contribution in [1.82, 2.24) is 14.4 Å². The molecule has 1 aromatic heterocycles. The van der Waals surface area contributed by atoms with Gasteiger partial charge in [0.25, 0.3) is 0 Å². The lowest BCUT2D eigenvalue weighted by atomic mass is 10.0. The van der Waals surface area contributed by atoms with Crippen molar-refractivity contribution in [3.63, 3.8) is 0 Å². The number of aromatic nitrogens is 1. The lowest BCUT2D eigenvalue weighted by molar-refractivity contribution is 0.122. The minimum atomic E-state index is -0.826. The predicted molar refractivity (Wildman–Crippen MR) is 163 cm³/mol. The number of piperazine rings is 1. The molecular formula is C33H40ClFN4O. The Morgan fingerprint density at radius 3 is 2.30 bits per heavy atom. The molecule has 7 heteroatoms. The van der Waals surface area contributed by atoms with Crippen LogP contribution >= 0.6 is 11.6 Å². The van der Waals surface area contributed by atoms with Crippen LogP contribution in [0.2, 0.25) is 5.02 Å². The van der Waals surface area contributed by atoms with Crippen LogP contribution in [0.4, 0.5) is 4.39 Å². The second-order valence-corrected chi connectivity index (χ2v) is 12.0. The zero-order valence-corrected chi connectivity index (χ0v) is 24.3. The number of hydrogen-bond acceptors (Lipinski definition) is 4. The molecule has 1 fully saturated rings. The van der Waals surface area contributed by atoms with Crippen LogP contribution in [-0.2, 0) is 19.6 Å². The van der Waals surface area contributed by atoms with E-state index in [-0.39, 0.29) is 5.54 Å². The number of nitrogens with zero attached hydrogens (tertiary/aromatic N) is 3. The van der Waals surface area contributed by atoms with E-state index in [9.17, 15) is 4.39 Å². The first-order chi connectivity index (χ1) is 19.3. The quantitative estimate of drug-likeness (QED) is 0.212. The van der Waals surface area contributed by atoms with Crippen molar-refractivity contribution in [2.24, 2.45) is 5.73 Å². The van der Waals surface area contributed by atoms with Gasteiger partial charge in [-0.05, 0) is 73.7 Å². The highest BCUT2D eigenvalue weighted by Crippen LogP contribution is 2.33. The lowest BCUT2D eigenvalue weighted by Gasteiger charge is -2.35. The van der Waals surface area contributed by atoms with Crippen LogP contribution in [0.15, 0.2) is 72.9 Å². The molecule has 0 spiro atoms. The molecule has 1 aliphatic heterocycles. The third-order valence-electron chi connectivity index (χ3n) is 7.78. The smallest absolute Gasteiger partial charge is 0.228 e. The molecule has 2 heterocycles. The number of rotatable bonds is 11. The fourth-order valence-electron chi connectivity index (χ4n) is 5.59. The van der Waals surface area contributed by atoms with Gasteiger partial charge in [-0.1, -0.05) is 48.0 Å². The van der Waals surface area contributed by atoms with E-state index in [2.05, 4.69) is 64.7 Å². The molecule has 1 saturated heterocycles. The molecule has 0 bridgehead atoms. The molecule has 1 aliphatic rings. The van der Waals surface area contributed by atoms with Crippen molar-refractivity contribution in [2.45, 2.75) is 51.9 Å². The fourth-order valence-corrected chi connectivity index (χ4v) is 5.78. The molecule has 0 radical (unpaired) electrons. The highest BCUT2D eigenvalue weighted by atomic mass is 35.5. The molecular weight excluding hydrogens is 523 g/mol. The number of aryl methyl sites for hydroxylation is 1. The first-order valence-corrected chi connectivity index (χ1v) is 14.5. The third-order valence-corrected chi connectivity index (χ3v) is 8.14. The summed E-state index contributed by atoms with van der Waals surface area (Å²) in [5.74, 6) is 0.537. The first kappa shape index (κ1) is 28.6. The van der Waals surface area contributed by atoms with Crippen molar-refractivity contribution in [3.8, 4) is 16.9 Å². The summed E-state index contributed by atoms with van der Waals surface area (Å²) in [6.45, 7) is 10.2. The Labute approximate surface area is 242 Å². The van der Waals surface area contributed by atoms with Crippen LogP contribution in [0.25, 0.3) is 22.0 Å². The van der Waals surface area contributed by atoms with Crippen LogP contribution in [0, 0.1) is 0 Å². The predicted octanol–water partition coefficient (Wildman–Crippen LogP) is 7.10. The maximum atomic E-state index is 12.6. The van der Waals surface area contributed by atoms with Crippen molar-refractivity contribution in [1.29, 1.82) is 0 Å². The van der Waals surface area contributed by atoms with Gasteiger partial charge in [0.1, 0.15) is 5.75 Å². The number of halogens is 2. The summed E-state index contributed by atoms with van der Waals surface area (Å²) in [4.78, 5) is 5.02. The molecule has 4 aromatic rings. The van der Waals surface area contributed by atoms with E-state index < -0.39 is 6.86 Å². The number of benzene rings is 3. The van der Waals surface area contributed by atoms with Gasteiger partial charge in [0, 0.05) is 79.0 Å². The number of hydrogen-bond donors (Lipinski definition) is 1. The molecule has 0 atom stereocenters. The van der Waals surface area contributed by atoms with Crippen LogP contribution in [-0.4, -0.2) is 52.9 Å². The molecule has 5 nitrogen and oxygen atoms in total. The lowest BCUT2D eigenvalue weighted by Crippen LogP contribution is -2.45. The Morgan fingerprint density at radius 1 is 0.925 bits per heavy atom. The summed E-state index contributed by atoms with van der Waals surface area (Å²) in [6.07, 6.45) is 4.21. The number of fused-ring (bicyclic) bond motifs is 1. The van der Waals surface area contributed by atoms with Crippen LogP contribution in [0.1, 0.15) is 37.8 Å². The van der Waals surface area contributed by atoms with Gasteiger partial charge in [0.15, 0.2) is 0 Å².